The summed E-state index contributed by atoms with van der Waals surface area (Å²) in [5.74, 6) is 0. The molecule has 3 rings (SSSR count). The van der Waals surface area contributed by atoms with Crippen LogP contribution in [0.25, 0.3) is 10.7 Å². The van der Waals surface area contributed by atoms with Gasteiger partial charge >= 0.3 is 0 Å². The second kappa shape index (κ2) is 8.13. The van der Waals surface area contributed by atoms with Gasteiger partial charge in [0.05, 0.1) is 24.5 Å². The number of thiazole rings is 1. The first-order chi connectivity index (χ1) is 11.6. The van der Waals surface area contributed by atoms with Crippen molar-refractivity contribution in [1.29, 1.82) is 0 Å². The molecule has 1 saturated heterocycles. The summed E-state index contributed by atoms with van der Waals surface area (Å²) in [6, 6.07) is 5.82. The number of aliphatic hydroxyl groups is 1. The number of nitrogens with zero attached hydrogens (tertiary/aromatic N) is 3. The van der Waals surface area contributed by atoms with E-state index in [2.05, 4.69) is 20.2 Å². The van der Waals surface area contributed by atoms with Gasteiger partial charge in [-0.25, -0.2) is 4.98 Å². The first kappa shape index (κ1) is 17.4. The number of morpholine rings is 1. The Labute approximate surface area is 146 Å². The minimum absolute atomic E-state index is 0.543. The first-order valence-electron chi connectivity index (χ1n) is 8.22. The highest BCUT2D eigenvalue weighted by molar-refractivity contribution is 7.14. The molecule has 2 aromatic heterocycles. The van der Waals surface area contributed by atoms with Gasteiger partial charge in [0.2, 0.25) is 0 Å². The van der Waals surface area contributed by atoms with Crippen LogP contribution in [-0.4, -0.2) is 65.0 Å². The summed E-state index contributed by atoms with van der Waals surface area (Å²) >= 11 is 1.63. The summed E-state index contributed by atoms with van der Waals surface area (Å²) in [5.41, 5.74) is 0.138. The van der Waals surface area contributed by atoms with Crippen LogP contribution in [0.3, 0.4) is 0 Å². The van der Waals surface area contributed by atoms with E-state index in [4.69, 9.17) is 4.74 Å². The molecule has 1 fully saturated rings. The molecule has 130 valence electrons. The van der Waals surface area contributed by atoms with Crippen molar-refractivity contribution in [3.05, 3.63) is 35.5 Å². The Morgan fingerprint density at radius 2 is 2.17 bits per heavy atom. The number of rotatable bonds is 7. The summed E-state index contributed by atoms with van der Waals surface area (Å²) in [5, 5.41) is 14.8. The maximum Gasteiger partial charge on any atom is 0.142 e. The zero-order valence-electron chi connectivity index (χ0n) is 13.9. The van der Waals surface area contributed by atoms with Gasteiger partial charge in [0, 0.05) is 50.0 Å². The van der Waals surface area contributed by atoms with Gasteiger partial charge in [-0.2, -0.15) is 0 Å². The fraction of sp³-hybridized carbons (Fsp3) is 0.529. The lowest BCUT2D eigenvalue weighted by molar-refractivity contribution is -0.0219. The highest BCUT2D eigenvalue weighted by Gasteiger charge is 2.24. The smallest absolute Gasteiger partial charge is 0.142 e. The molecular formula is C17H24N4O2S. The molecular weight excluding hydrogens is 324 g/mol. The second-order valence-electron chi connectivity index (χ2n) is 6.34. The number of hydrogen-bond acceptors (Lipinski definition) is 7. The molecule has 0 aromatic carbocycles. The average molecular weight is 348 g/mol. The molecule has 0 aliphatic carbocycles. The lowest BCUT2D eigenvalue weighted by Gasteiger charge is -2.33. The van der Waals surface area contributed by atoms with Gasteiger partial charge in [0.25, 0.3) is 0 Å². The van der Waals surface area contributed by atoms with E-state index in [9.17, 15) is 5.11 Å². The van der Waals surface area contributed by atoms with Crippen LogP contribution in [0.15, 0.2) is 30.6 Å². The molecule has 0 radical (unpaired) electrons. The van der Waals surface area contributed by atoms with Crippen LogP contribution in [0.2, 0.25) is 0 Å². The molecule has 7 heteroatoms. The lowest BCUT2D eigenvalue weighted by atomic mass is 10.1. The molecule has 1 unspecified atom stereocenters. The lowest BCUT2D eigenvalue weighted by Crippen LogP contribution is -2.50. The van der Waals surface area contributed by atoms with E-state index < -0.39 is 5.60 Å². The molecule has 6 nitrogen and oxygen atoms in total. The fourth-order valence-electron chi connectivity index (χ4n) is 2.75. The van der Waals surface area contributed by atoms with E-state index in [0.717, 1.165) is 41.9 Å². The topological polar surface area (TPSA) is 70.5 Å². The molecule has 3 heterocycles. The number of aromatic nitrogens is 2. The average Bonchev–Trinajstić information content (AvgIpc) is 3.05. The molecule has 0 saturated carbocycles. The van der Waals surface area contributed by atoms with Crippen LogP contribution in [-0.2, 0) is 11.3 Å². The third-order valence-corrected chi connectivity index (χ3v) is 4.93. The van der Waals surface area contributed by atoms with E-state index in [0.29, 0.717) is 19.6 Å². The molecule has 1 aliphatic heterocycles. The van der Waals surface area contributed by atoms with Gasteiger partial charge in [-0.3, -0.25) is 9.88 Å². The number of hydrogen-bond donors (Lipinski definition) is 2. The van der Waals surface area contributed by atoms with Crippen molar-refractivity contribution in [3.63, 3.8) is 0 Å². The van der Waals surface area contributed by atoms with Crippen molar-refractivity contribution in [2.75, 3.05) is 39.4 Å². The van der Waals surface area contributed by atoms with Crippen molar-refractivity contribution in [2.45, 2.75) is 19.1 Å². The second-order valence-corrected chi connectivity index (χ2v) is 7.45. The molecule has 24 heavy (non-hydrogen) atoms. The number of pyridine rings is 1. The van der Waals surface area contributed by atoms with E-state index >= 15 is 0 Å². The first-order valence-corrected chi connectivity index (χ1v) is 9.03. The Morgan fingerprint density at radius 1 is 1.33 bits per heavy atom. The third kappa shape index (κ3) is 5.06. The maximum atomic E-state index is 10.6. The maximum absolute atomic E-state index is 10.6. The van der Waals surface area contributed by atoms with Crippen molar-refractivity contribution >= 4 is 11.3 Å². The Balaban J connectivity index is 1.46. The molecule has 2 aromatic rings. The van der Waals surface area contributed by atoms with Gasteiger partial charge in [-0.1, -0.05) is 6.07 Å². The number of nitrogens with one attached hydrogen (secondary N) is 1. The zero-order valence-corrected chi connectivity index (χ0v) is 14.8. The van der Waals surface area contributed by atoms with Crippen molar-refractivity contribution in [3.8, 4) is 10.7 Å². The Kier molecular flexibility index (Phi) is 5.91. The monoisotopic (exact) mass is 348 g/mol. The van der Waals surface area contributed by atoms with Crippen LogP contribution in [0.4, 0.5) is 0 Å². The van der Waals surface area contributed by atoms with Crippen LogP contribution in [0.1, 0.15) is 11.8 Å². The third-order valence-electron chi connectivity index (χ3n) is 3.91. The van der Waals surface area contributed by atoms with Gasteiger partial charge in [0.15, 0.2) is 0 Å². The minimum Gasteiger partial charge on any atom is -0.388 e. The van der Waals surface area contributed by atoms with E-state index in [1.165, 1.54) is 0 Å². The largest absolute Gasteiger partial charge is 0.388 e. The Morgan fingerprint density at radius 3 is 2.92 bits per heavy atom. The standard InChI is InChI=1S/C17H24N4O2S/c1-17(22,13-21-6-8-23-9-7-21)12-18-10-14-11-20-16(24-14)15-4-2-3-5-19-15/h2-5,11,18,22H,6-10,12-13H2,1H3. The molecule has 1 aliphatic rings. The summed E-state index contributed by atoms with van der Waals surface area (Å²) in [7, 11) is 0. The normalized spacial score (nSPS) is 18.4. The predicted octanol–water partition coefficient (Wildman–Crippen LogP) is 1.38. The van der Waals surface area contributed by atoms with E-state index in [1.807, 2.05) is 31.3 Å². The molecule has 0 bridgehead atoms. The highest BCUT2D eigenvalue weighted by atomic mass is 32.1. The van der Waals surface area contributed by atoms with Gasteiger partial charge in [0.1, 0.15) is 5.01 Å². The molecule has 0 amide bonds. The van der Waals surface area contributed by atoms with E-state index in [-0.39, 0.29) is 0 Å². The number of β-amino-alcohol motifs (C(OH)–C–C–N with tert-alkyl or cyclic N) is 1. The van der Waals surface area contributed by atoms with Gasteiger partial charge in [-0.15, -0.1) is 11.3 Å². The van der Waals surface area contributed by atoms with Crippen LogP contribution >= 0.6 is 11.3 Å². The number of ether oxygens (including phenoxy) is 1. The van der Waals surface area contributed by atoms with Gasteiger partial charge in [-0.05, 0) is 19.1 Å². The van der Waals surface area contributed by atoms with Crippen molar-refractivity contribution < 1.29 is 9.84 Å². The Hall–Kier alpha value is -1.38. The van der Waals surface area contributed by atoms with Crippen molar-refractivity contribution in [2.24, 2.45) is 0 Å². The molecule has 1 atom stereocenters. The van der Waals surface area contributed by atoms with Crippen LogP contribution in [0, 0.1) is 0 Å². The van der Waals surface area contributed by atoms with Gasteiger partial charge < -0.3 is 15.2 Å². The summed E-state index contributed by atoms with van der Waals surface area (Å²) < 4.78 is 5.34. The summed E-state index contributed by atoms with van der Waals surface area (Å²) in [4.78, 5) is 12.1. The quantitative estimate of drug-likeness (QED) is 0.788. The SMILES string of the molecule is CC(O)(CNCc1cnc(-c2ccccn2)s1)CN1CCOCC1. The van der Waals surface area contributed by atoms with E-state index in [1.54, 1.807) is 17.5 Å². The zero-order chi connectivity index (χ0) is 16.8. The van der Waals surface area contributed by atoms with Crippen LogP contribution in [0.5, 0.6) is 0 Å². The predicted molar refractivity (Wildman–Crippen MR) is 94.9 cm³/mol. The van der Waals surface area contributed by atoms with Crippen LogP contribution < -0.4 is 5.32 Å². The minimum atomic E-state index is -0.758. The molecule has 0 spiro atoms. The van der Waals surface area contributed by atoms with Crippen molar-refractivity contribution in [1.82, 2.24) is 20.2 Å². The highest BCUT2D eigenvalue weighted by Crippen LogP contribution is 2.22. The molecule has 2 N–H and O–H groups in total. The summed E-state index contributed by atoms with van der Waals surface area (Å²) in [6.45, 7) is 7.05. The summed E-state index contributed by atoms with van der Waals surface area (Å²) in [6.07, 6.45) is 3.65. The fourth-order valence-corrected chi connectivity index (χ4v) is 3.61. The Bertz CT molecular complexity index is 627.